The van der Waals surface area contributed by atoms with Crippen LogP contribution in [0.3, 0.4) is 0 Å². The maximum absolute atomic E-state index is 14.1. The molecule has 0 saturated carbocycles. The van der Waals surface area contributed by atoms with Crippen molar-refractivity contribution in [2.45, 2.75) is 25.7 Å². The number of anilines is 1. The molecule has 1 aliphatic heterocycles. The van der Waals surface area contributed by atoms with Crippen molar-refractivity contribution in [3.05, 3.63) is 76.4 Å². The molecule has 2 amide bonds. The standard InChI is InChI=1S/C31H28BNO9/c1-14-9-22(35)26-21(29(14)36)13-20-18(27(26)28-23(41-2)11-17(34)12-24(28)42-3)7-8-19-25(20)31(38)33(30(19)37)16-6-4-5-15(10-16)32(39)40/h4-7,9-12,19-20,25,27,34,39-40H,8,13H2,1-3H3. The van der Waals surface area contributed by atoms with E-state index in [1.54, 1.807) is 13.0 Å². The lowest BCUT2D eigenvalue weighted by Gasteiger charge is -2.42. The number of aromatic hydroxyl groups is 1. The highest BCUT2D eigenvalue weighted by atomic mass is 16.5. The van der Waals surface area contributed by atoms with E-state index in [9.17, 15) is 34.3 Å². The van der Waals surface area contributed by atoms with E-state index in [0.29, 0.717) is 11.1 Å². The molecule has 4 aliphatic rings. The summed E-state index contributed by atoms with van der Waals surface area (Å²) < 4.78 is 11.2. The summed E-state index contributed by atoms with van der Waals surface area (Å²) in [6.07, 6.45) is 3.50. The van der Waals surface area contributed by atoms with E-state index in [1.165, 1.54) is 50.6 Å². The fourth-order valence-electron chi connectivity index (χ4n) is 7.00. The van der Waals surface area contributed by atoms with Crippen LogP contribution in [0.1, 0.15) is 31.2 Å². The van der Waals surface area contributed by atoms with Gasteiger partial charge in [-0.15, -0.1) is 0 Å². The van der Waals surface area contributed by atoms with Gasteiger partial charge in [-0.25, -0.2) is 0 Å². The molecular formula is C31H28BNO9. The third kappa shape index (κ3) is 4.03. The average molecular weight is 569 g/mol. The van der Waals surface area contributed by atoms with Gasteiger partial charge in [-0.1, -0.05) is 23.8 Å². The number of carbonyl (C=O) groups excluding carboxylic acids is 4. The molecule has 11 heteroatoms. The summed E-state index contributed by atoms with van der Waals surface area (Å²) in [5.74, 6) is -4.07. The first-order valence-corrected chi connectivity index (χ1v) is 13.6. The van der Waals surface area contributed by atoms with Crippen LogP contribution in [0, 0.1) is 17.8 Å². The first-order valence-electron chi connectivity index (χ1n) is 13.6. The molecule has 0 radical (unpaired) electrons. The van der Waals surface area contributed by atoms with Crippen LogP contribution in [0.25, 0.3) is 0 Å². The van der Waals surface area contributed by atoms with Crippen LogP contribution in [0.4, 0.5) is 5.69 Å². The summed E-state index contributed by atoms with van der Waals surface area (Å²) in [6.45, 7) is 1.57. The quantitative estimate of drug-likeness (QED) is 0.212. The van der Waals surface area contributed by atoms with Crippen molar-refractivity contribution in [3.8, 4) is 17.2 Å². The number of hydrogen-bond acceptors (Lipinski definition) is 9. The van der Waals surface area contributed by atoms with E-state index < -0.39 is 42.6 Å². The average Bonchev–Trinajstić information content (AvgIpc) is 3.23. The Bertz CT molecular complexity index is 1640. The van der Waals surface area contributed by atoms with Crippen LogP contribution >= 0.6 is 0 Å². The number of methoxy groups -OCH3 is 2. The van der Waals surface area contributed by atoms with Gasteiger partial charge in [0.05, 0.1) is 31.7 Å². The third-order valence-corrected chi connectivity index (χ3v) is 8.81. The molecule has 1 heterocycles. The number of fused-ring (bicyclic) bond motifs is 3. The lowest BCUT2D eigenvalue weighted by Crippen LogP contribution is -2.40. The molecule has 2 aromatic rings. The molecule has 3 N–H and O–H groups in total. The van der Waals surface area contributed by atoms with Crippen LogP contribution in [0.15, 0.2) is 70.8 Å². The molecule has 42 heavy (non-hydrogen) atoms. The van der Waals surface area contributed by atoms with Gasteiger partial charge in [0.25, 0.3) is 0 Å². The zero-order valence-electron chi connectivity index (χ0n) is 23.2. The SMILES string of the molecule is COc1cc(O)cc(OC)c1C1C2=CCC3C(=O)N(c4cccc(B(O)O)c4)C(=O)C3C2CC2=C1C(=O)C=C(C)C2=O. The van der Waals surface area contributed by atoms with Gasteiger partial charge in [-0.05, 0) is 49.4 Å². The van der Waals surface area contributed by atoms with Crippen molar-refractivity contribution < 1.29 is 43.8 Å². The maximum Gasteiger partial charge on any atom is 0.488 e. The number of amides is 2. The number of ketones is 2. The van der Waals surface area contributed by atoms with Crippen molar-refractivity contribution >= 4 is 41.6 Å². The Kier molecular flexibility index (Phi) is 6.66. The van der Waals surface area contributed by atoms with E-state index in [2.05, 4.69) is 0 Å². The van der Waals surface area contributed by atoms with Crippen LogP contribution in [0.5, 0.6) is 17.2 Å². The first-order chi connectivity index (χ1) is 20.1. The summed E-state index contributed by atoms with van der Waals surface area (Å²) in [5.41, 5.74) is 2.34. The number of Topliss-reactive ketones (excluding diaryl/α,β-unsaturated/α-hetero) is 1. The van der Waals surface area contributed by atoms with Gasteiger partial charge in [0.1, 0.15) is 17.2 Å². The number of allylic oxidation sites excluding steroid dienone is 6. The van der Waals surface area contributed by atoms with E-state index in [1.807, 2.05) is 6.08 Å². The summed E-state index contributed by atoms with van der Waals surface area (Å²) in [4.78, 5) is 55.9. The van der Waals surface area contributed by atoms with E-state index in [4.69, 9.17) is 9.47 Å². The summed E-state index contributed by atoms with van der Waals surface area (Å²) in [7, 11) is 1.06. The molecule has 0 bridgehead atoms. The van der Waals surface area contributed by atoms with Crippen molar-refractivity contribution in [3.63, 3.8) is 0 Å². The largest absolute Gasteiger partial charge is 0.508 e. The molecule has 4 unspecified atom stereocenters. The summed E-state index contributed by atoms with van der Waals surface area (Å²) in [5, 5.41) is 29.6. The van der Waals surface area contributed by atoms with Gasteiger partial charge in [0, 0.05) is 40.3 Å². The second-order valence-corrected chi connectivity index (χ2v) is 11.0. The molecule has 0 spiro atoms. The molecule has 2 aromatic carbocycles. The van der Waals surface area contributed by atoms with Crippen molar-refractivity contribution in [2.75, 3.05) is 19.1 Å². The number of phenols is 1. The lowest BCUT2D eigenvalue weighted by molar-refractivity contribution is -0.123. The fraction of sp³-hybridized carbons (Fsp3) is 0.290. The number of ether oxygens (including phenoxy) is 2. The van der Waals surface area contributed by atoms with Crippen molar-refractivity contribution in [2.24, 2.45) is 17.8 Å². The molecule has 3 aliphatic carbocycles. The zero-order chi connectivity index (χ0) is 30.0. The number of rotatable bonds is 5. The Hall–Kier alpha value is -4.48. The number of imide groups is 1. The topological polar surface area (TPSA) is 151 Å². The van der Waals surface area contributed by atoms with Crippen LogP contribution in [0.2, 0.25) is 0 Å². The highest BCUT2D eigenvalue weighted by Crippen LogP contribution is 2.58. The molecular weight excluding hydrogens is 541 g/mol. The zero-order valence-corrected chi connectivity index (χ0v) is 23.2. The highest BCUT2D eigenvalue weighted by molar-refractivity contribution is 6.58. The van der Waals surface area contributed by atoms with Crippen molar-refractivity contribution in [1.29, 1.82) is 0 Å². The van der Waals surface area contributed by atoms with Crippen LogP contribution in [-0.4, -0.2) is 59.9 Å². The van der Waals surface area contributed by atoms with Gasteiger partial charge >= 0.3 is 7.12 Å². The molecule has 0 aromatic heterocycles. The van der Waals surface area contributed by atoms with Gasteiger partial charge in [-0.2, -0.15) is 0 Å². The summed E-state index contributed by atoms with van der Waals surface area (Å²) >= 11 is 0. The molecule has 1 fully saturated rings. The number of phenolic OH excluding ortho intramolecular Hbond substituents is 1. The normalized spacial score (nSPS) is 25.0. The Morgan fingerprint density at radius 3 is 2.29 bits per heavy atom. The van der Waals surface area contributed by atoms with Crippen LogP contribution < -0.4 is 19.8 Å². The minimum Gasteiger partial charge on any atom is -0.508 e. The second-order valence-electron chi connectivity index (χ2n) is 11.0. The predicted molar refractivity (Wildman–Crippen MR) is 151 cm³/mol. The Balaban J connectivity index is 1.52. The Labute approximate surface area is 241 Å². The summed E-state index contributed by atoms with van der Waals surface area (Å²) in [6, 6.07) is 8.76. The number of benzene rings is 2. The van der Waals surface area contributed by atoms with Gasteiger partial charge in [0.2, 0.25) is 11.8 Å². The number of carbonyl (C=O) groups is 4. The molecule has 214 valence electrons. The van der Waals surface area contributed by atoms with Gasteiger partial charge < -0.3 is 24.6 Å². The molecule has 4 atom stereocenters. The third-order valence-electron chi connectivity index (χ3n) is 8.81. The van der Waals surface area contributed by atoms with Crippen molar-refractivity contribution in [1.82, 2.24) is 0 Å². The first kappa shape index (κ1) is 27.7. The van der Waals surface area contributed by atoms with E-state index >= 15 is 0 Å². The maximum atomic E-state index is 14.1. The minimum atomic E-state index is -1.78. The Morgan fingerprint density at radius 2 is 1.64 bits per heavy atom. The predicted octanol–water partition coefficient (Wildman–Crippen LogP) is 1.72. The number of nitrogens with zero attached hydrogens (tertiary/aromatic N) is 1. The lowest BCUT2D eigenvalue weighted by atomic mass is 9.59. The fourth-order valence-corrected chi connectivity index (χ4v) is 7.00. The molecule has 10 nitrogen and oxygen atoms in total. The van der Waals surface area contributed by atoms with E-state index in [0.717, 1.165) is 4.90 Å². The minimum absolute atomic E-state index is 0.0968. The highest BCUT2D eigenvalue weighted by Gasteiger charge is 2.57. The number of hydrogen-bond donors (Lipinski definition) is 3. The van der Waals surface area contributed by atoms with Gasteiger partial charge in [0.15, 0.2) is 11.6 Å². The molecule has 6 rings (SSSR count). The second kappa shape index (κ2) is 10.1. The Morgan fingerprint density at radius 1 is 0.952 bits per heavy atom. The van der Waals surface area contributed by atoms with Gasteiger partial charge in [-0.3, -0.25) is 24.1 Å². The van der Waals surface area contributed by atoms with Crippen LogP contribution in [-0.2, 0) is 19.2 Å². The van der Waals surface area contributed by atoms with E-state index in [-0.39, 0.29) is 69.5 Å². The monoisotopic (exact) mass is 569 g/mol. The smallest absolute Gasteiger partial charge is 0.488 e. The molecule has 1 saturated heterocycles.